The molecule has 1 aliphatic carbocycles. The van der Waals surface area contributed by atoms with E-state index < -0.39 is 0 Å². The van der Waals surface area contributed by atoms with E-state index in [1.165, 1.54) is 12.8 Å². The molecule has 1 aromatic carbocycles. The molecule has 4 heteroatoms. The van der Waals surface area contributed by atoms with E-state index in [1.54, 1.807) is 24.5 Å². The molecule has 1 heterocycles. The summed E-state index contributed by atoms with van der Waals surface area (Å²) in [4.78, 5) is 4.44. The van der Waals surface area contributed by atoms with Crippen molar-refractivity contribution >= 4 is 17.3 Å². The lowest BCUT2D eigenvalue weighted by Crippen LogP contribution is -1.87. The SMILES string of the molecule is Nc1ccc(Cl)c(-c2nc(C3CC3)co2)c1. The second-order valence-electron chi connectivity index (χ2n) is 4.09. The Kier molecular flexibility index (Phi) is 2.14. The van der Waals surface area contributed by atoms with Gasteiger partial charge in [0.25, 0.3) is 0 Å². The van der Waals surface area contributed by atoms with Crippen LogP contribution in [0.2, 0.25) is 5.02 Å². The van der Waals surface area contributed by atoms with Crippen LogP contribution >= 0.6 is 11.6 Å². The third-order valence-electron chi connectivity index (χ3n) is 2.74. The van der Waals surface area contributed by atoms with Crippen molar-refractivity contribution < 1.29 is 4.42 Å². The van der Waals surface area contributed by atoms with E-state index in [0.29, 0.717) is 22.5 Å². The van der Waals surface area contributed by atoms with Crippen LogP contribution in [-0.4, -0.2) is 4.98 Å². The standard InChI is InChI=1S/C12H11ClN2O/c13-10-4-3-8(14)5-9(10)12-15-11(6-16-12)7-1-2-7/h3-7H,1-2,14H2. The average molecular weight is 235 g/mol. The smallest absolute Gasteiger partial charge is 0.227 e. The zero-order valence-electron chi connectivity index (χ0n) is 8.61. The first-order valence-electron chi connectivity index (χ1n) is 5.25. The quantitative estimate of drug-likeness (QED) is 0.810. The fraction of sp³-hybridized carbons (Fsp3) is 0.250. The second-order valence-corrected chi connectivity index (χ2v) is 4.50. The van der Waals surface area contributed by atoms with Crippen LogP contribution < -0.4 is 5.73 Å². The Morgan fingerprint density at radius 2 is 2.19 bits per heavy atom. The van der Waals surface area contributed by atoms with Gasteiger partial charge in [0.15, 0.2) is 0 Å². The number of nitrogens with two attached hydrogens (primary N) is 1. The lowest BCUT2D eigenvalue weighted by molar-refractivity contribution is 0.572. The number of benzene rings is 1. The Balaban J connectivity index is 2.03. The molecule has 82 valence electrons. The van der Waals surface area contributed by atoms with Gasteiger partial charge in [-0.2, -0.15) is 0 Å². The molecule has 0 saturated heterocycles. The molecule has 1 aromatic heterocycles. The molecule has 1 aliphatic rings. The number of nitrogens with zero attached hydrogens (tertiary/aromatic N) is 1. The summed E-state index contributed by atoms with van der Waals surface area (Å²) in [6, 6.07) is 5.30. The minimum absolute atomic E-state index is 0.555. The molecule has 0 amide bonds. The van der Waals surface area contributed by atoms with E-state index in [2.05, 4.69) is 4.98 Å². The van der Waals surface area contributed by atoms with Crippen molar-refractivity contribution in [2.24, 2.45) is 0 Å². The summed E-state index contributed by atoms with van der Waals surface area (Å²) in [5.74, 6) is 1.14. The van der Waals surface area contributed by atoms with Crippen LogP contribution in [0.25, 0.3) is 11.5 Å². The molecule has 2 N–H and O–H groups in total. The zero-order valence-corrected chi connectivity index (χ0v) is 9.37. The number of hydrogen-bond acceptors (Lipinski definition) is 3. The summed E-state index contributed by atoms with van der Waals surface area (Å²) < 4.78 is 5.44. The van der Waals surface area contributed by atoms with Gasteiger partial charge in [-0.15, -0.1) is 0 Å². The maximum atomic E-state index is 6.08. The summed E-state index contributed by atoms with van der Waals surface area (Å²) >= 11 is 6.08. The first-order chi connectivity index (χ1) is 7.74. The van der Waals surface area contributed by atoms with Crippen LogP contribution in [-0.2, 0) is 0 Å². The molecule has 0 atom stereocenters. The van der Waals surface area contributed by atoms with Gasteiger partial charge in [-0.1, -0.05) is 11.6 Å². The monoisotopic (exact) mass is 234 g/mol. The largest absolute Gasteiger partial charge is 0.444 e. The van der Waals surface area contributed by atoms with Crippen LogP contribution in [0.3, 0.4) is 0 Å². The van der Waals surface area contributed by atoms with Gasteiger partial charge >= 0.3 is 0 Å². The van der Waals surface area contributed by atoms with Crippen molar-refractivity contribution in [3.05, 3.63) is 35.2 Å². The molecule has 1 fully saturated rings. The second kappa shape index (κ2) is 3.52. The van der Waals surface area contributed by atoms with Crippen molar-refractivity contribution in [2.75, 3.05) is 5.73 Å². The number of oxazole rings is 1. The van der Waals surface area contributed by atoms with Gasteiger partial charge in [-0.05, 0) is 31.0 Å². The molecular weight excluding hydrogens is 224 g/mol. The summed E-state index contributed by atoms with van der Waals surface area (Å²) in [6.07, 6.45) is 4.12. The van der Waals surface area contributed by atoms with Gasteiger partial charge < -0.3 is 10.2 Å². The Bertz CT molecular complexity index is 532. The van der Waals surface area contributed by atoms with Gasteiger partial charge in [-0.25, -0.2) is 4.98 Å². The summed E-state index contributed by atoms with van der Waals surface area (Å²) in [5, 5.41) is 0.610. The topological polar surface area (TPSA) is 52.0 Å². The average Bonchev–Trinajstić information content (AvgIpc) is 3.01. The molecule has 3 rings (SSSR count). The molecule has 0 spiro atoms. The predicted octanol–water partition coefficient (Wildman–Crippen LogP) is 3.45. The fourth-order valence-electron chi connectivity index (χ4n) is 1.68. The number of hydrogen-bond donors (Lipinski definition) is 1. The summed E-state index contributed by atoms with van der Waals surface area (Å²) in [7, 11) is 0. The van der Waals surface area contributed by atoms with Crippen LogP contribution in [0.15, 0.2) is 28.9 Å². The fourth-order valence-corrected chi connectivity index (χ4v) is 1.88. The van der Waals surface area contributed by atoms with E-state index in [0.717, 1.165) is 11.3 Å². The van der Waals surface area contributed by atoms with Crippen molar-refractivity contribution in [2.45, 2.75) is 18.8 Å². The summed E-state index contributed by atoms with van der Waals surface area (Å²) in [5.41, 5.74) is 8.15. The van der Waals surface area contributed by atoms with Crippen molar-refractivity contribution in [1.29, 1.82) is 0 Å². The Hall–Kier alpha value is -1.48. The lowest BCUT2D eigenvalue weighted by Gasteiger charge is -2.00. The Morgan fingerprint density at radius 1 is 1.38 bits per heavy atom. The van der Waals surface area contributed by atoms with Crippen LogP contribution in [0, 0.1) is 0 Å². The molecule has 0 unspecified atom stereocenters. The highest BCUT2D eigenvalue weighted by molar-refractivity contribution is 6.33. The van der Waals surface area contributed by atoms with Gasteiger partial charge in [0, 0.05) is 11.6 Å². The number of aromatic nitrogens is 1. The van der Waals surface area contributed by atoms with Gasteiger partial charge in [0.2, 0.25) is 5.89 Å². The minimum atomic E-state index is 0.555. The molecule has 16 heavy (non-hydrogen) atoms. The van der Waals surface area contributed by atoms with E-state index in [-0.39, 0.29) is 0 Å². The number of rotatable bonds is 2. The Morgan fingerprint density at radius 3 is 2.94 bits per heavy atom. The number of nitrogen functional groups attached to an aromatic ring is 1. The van der Waals surface area contributed by atoms with Crippen LogP contribution in [0.5, 0.6) is 0 Å². The highest BCUT2D eigenvalue weighted by atomic mass is 35.5. The third kappa shape index (κ3) is 1.67. The molecule has 1 saturated carbocycles. The maximum Gasteiger partial charge on any atom is 0.227 e. The van der Waals surface area contributed by atoms with Crippen LogP contribution in [0.1, 0.15) is 24.5 Å². The molecule has 0 aliphatic heterocycles. The maximum absolute atomic E-state index is 6.08. The van der Waals surface area contributed by atoms with E-state index in [1.807, 2.05) is 0 Å². The molecule has 0 radical (unpaired) electrons. The zero-order chi connectivity index (χ0) is 11.1. The van der Waals surface area contributed by atoms with Crippen molar-refractivity contribution in [3.8, 4) is 11.5 Å². The predicted molar refractivity (Wildman–Crippen MR) is 63.3 cm³/mol. The van der Waals surface area contributed by atoms with Crippen LogP contribution in [0.4, 0.5) is 5.69 Å². The van der Waals surface area contributed by atoms with Crippen molar-refractivity contribution in [3.63, 3.8) is 0 Å². The summed E-state index contributed by atoms with van der Waals surface area (Å²) in [6.45, 7) is 0. The molecule has 0 bridgehead atoms. The first kappa shape index (κ1) is 9.73. The molecular formula is C12H11ClN2O. The molecule has 3 nitrogen and oxygen atoms in total. The Labute approximate surface area is 98.2 Å². The van der Waals surface area contributed by atoms with Gasteiger partial charge in [0.05, 0.1) is 16.3 Å². The number of anilines is 1. The van der Waals surface area contributed by atoms with E-state index >= 15 is 0 Å². The highest BCUT2D eigenvalue weighted by Gasteiger charge is 2.27. The van der Waals surface area contributed by atoms with Crippen molar-refractivity contribution in [1.82, 2.24) is 4.98 Å². The normalized spacial score (nSPS) is 15.3. The third-order valence-corrected chi connectivity index (χ3v) is 3.07. The van der Waals surface area contributed by atoms with Gasteiger partial charge in [-0.3, -0.25) is 0 Å². The van der Waals surface area contributed by atoms with E-state index in [9.17, 15) is 0 Å². The molecule has 2 aromatic rings. The van der Waals surface area contributed by atoms with E-state index in [4.69, 9.17) is 21.8 Å². The first-order valence-corrected chi connectivity index (χ1v) is 5.62. The number of halogens is 1. The minimum Gasteiger partial charge on any atom is -0.444 e. The van der Waals surface area contributed by atoms with Gasteiger partial charge in [0.1, 0.15) is 6.26 Å². The highest BCUT2D eigenvalue weighted by Crippen LogP contribution is 2.40. The lowest BCUT2D eigenvalue weighted by atomic mass is 10.2.